The molecule has 0 spiro atoms. The molecule has 1 heterocycles. The Balaban J connectivity index is 2.88. The Morgan fingerprint density at radius 2 is 2.13 bits per heavy atom. The number of carbonyl (C=O) groups excluding carboxylic acids is 1. The standard InChI is InChI=1S/C10H14ClN3O/c1-10(2,3)14-9(15)6-4-7(11)8(12)13-5-6/h4-5H,1-3H3,(H2,12,13)(H,14,15). The van der Waals surface area contributed by atoms with Crippen molar-refractivity contribution in [3.63, 3.8) is 0 Å². The van der Waals surface area contributed by atoms with Crippen molar-refractivity contribution in [2.75, 3.05) is 5.73 Å². The zero-order valence-corrected chi connectivity index (χ0v) is 9.72. The van der Waals surface area contributed by atoms with E-state index in [1.54, 1.807) is 0 Å². The lowest BCUT2D eigenvalue weighted by Crippen LogP contribution is -2.40. The van der Waals surface area contributed by atoms with Crippen molar-refractivity contribution >= 4 is 23.3 Å². The maximum absolute atomic E-state index is 11.7. The van der Waals surface area contributed by atoms with Crippen LogP contribution in [0.4, 0.5) is 5.82 Å². The number of hydrogen-bond acceptors (Lipinski definition) is 3. The number of rotatable bonds is 1. The van der Waals surface area contributed by atoms with E-state index in [4.69, 9.17) is 17.3 Å². The van der Waals surface area contributed by atoms with E-state index in [-0.39, 0.29) is 22.3 Å². The van der Waals surface area contributed by atoms with Crippen molar-refractivity contribution in [1.29, 1.82) is 0 Å². The average Bonchev–Trinajstić information content (AvgIpc) is 2.06. The normalized spacial score (nSPS) is 11.2. The fourth-order valence-corrected chi connectivity index (χ4v) is 1.15. The number of amides is 1. The van der Waals surface area contributed by atoms with Gasteiger partial charge in [0.2, 0.25) is 0 Å². The maximum Gasteiger partial charge on any atom is 0.253 e. The Bertz CT molecular complexity index is 385. The molecule has 4 nitrogen and oxygen atoms in total. The summed E-state index contributed by atoms with van der Waals surface area (Å²) in [5, 5.41) is 3.09. The molecule has 0 unspecified atom stereocenters. The number of pyridine rings is 1. The van der Waals surface area contributed by atoms with Crippen LogP contribution < -0.4 is 11.1 Å². The number of anilines is 1. The minimum atomic E-state index is -0.287. The first-order chi connectivity index (χ1) is 6.79. The topological polar surface area (TPSA) is 68.0 Å². The van der Waals surface area contributed by atoms with E-state index in [1.165, 1.54) is 12.3 Å². The molecule has 0 aliphatic carbocycles. The van der Waals surface area contributed by atoms with Crippen molar-refractivity contribution in [1.82, 2.24) is 10.3 Å². The second-order valence-corrected chi connectivity index (χ2v) is 4.70. The second-order valence-electron chi connectivity index (χ2n) is 4.30. The lowest BCUT2D eigenvalue weighted by Gasteiger charge is -2.20. The van der Waals surface area contributed by atoms with Gasteiger partial charge in [-0.1, -0.05) is 11.6 Å². The summed E-state index contributed by atoms with van der Waals surface area (Å²) in [6.45, 7) is 5.70. The van der Waals surface area contributed by atoms with Gasteiger partial charge in [-0.3, -0.25) is 4.79 Å². The van der Waals surface area contributed by atoms with E-state index < -0.39 is 0 Å². The number of carbonyl (C=O) groups is 1. The number of halogens is 1. The van der Waals surface area contributed by atoms with Crippen LogP contribution >= 0.6 is 11.6 Å². The Morgan fingerprint density at radius 1 is 1.53 bits per heavy atom. The van der Waals surface area contributed by atoms with Gasteiger partial charge in [0.1, 0.15) is 5.82 Å². The molecule has 0 bridgehead atoms. The third-order valence-corrected chi connectivity index (χ3v) is 1.92. The summed E-state index contributed by atoms with van der Waals surface area (Å²) < 4.78 is 0. The van der Waals surface area contributed by atoms with Gasteiger partial charge in [0.15, 0.2) is 0 Å². The number of nitrogens with one attached hydrogen (secondary N) is 1. The molecule has 0 aliphatic rings. The summed E-state index contributed by atoms with van der Waals surface area (Å²) in [6.07, 6.45) is 1.41. The van der Waals surface area contributed by atoms with E-state index in [9.17, 15) is 4.79 Å². The van der Waals surface area contributed by atoms with Crippen molar-refractivity contribution in [3.05, 3.63) is 22.8 Å². The monoisotopic (exact) mass is 227 g/mol. The quantitative estimate of drug-likeness (QED) is 0.769. The minimum absolute atomic E-state index is 0.211. The van der Waals surface area contributed by atoms with Crippen molar-refractivity contribution < 1.29 is 4.79 Å². The predicted octanol–water partition coefficient (Wildman–Crippen LogP) is 1.85. The molecule has 0 radical (unpaired) electrons. The van der Waals surface area contributed by atoms with Crippen LogP contribution in [0.1, 0.15) is 31.1 Å². The highest BCUT2D eigenvalue weighted by Crippen LogP contribution is 2.17. The van der Waals surface area contributed by atoms with E-state index >= 15 is 0 Å². The van der Waals surface area contributed by atoms with Gasteiger partial charge < -0.3 is 11.1 Å². The van der Waals surface area contributed by atoms with Gasteiger partial charge in [0.05, 0.1) is 10.6 Å². The first-order valence-electron chi connectivity index (χ1n) is 4.53. The Kier molecular flexibility index (Phi) is 3.19. The van der Waals surface area contributed by atoms with Gasteiger partial charge in [-0.25, -0.2) is 4.98 Å². The van der Waals surface area contributed by atoms with Gasteiger partial charge >= 0.3 is 0 Å². The Hall–Kier alpha value is -1.29. The van der Waals surface area contributed by atoms with E-state index in [1.807, 2.05) is 20.8 Å². The molecule has 0 saturated heterocycles. The van der Waals surface area contributed by atoms with Crippen LogP contribution in [0.3, 0.4) is 0 Å². The fraction of sp³-hybridized carbons (Fsp3) is 0.400. The Labute approximate surface area is 93.8 Å². The molecule has 82 valence electrons. The smallest absolute Gasteiger partial charge is 0.253 e. The third kappa shape index (κ3) is 3.40. The van der Waals surface area contributed by atoms with Crippen LogP contribution in [0.15, 0.2) is 12.3 Å². The molecule has 0 fully saturated rings. The maximum atomic E-state index is 11.7. The van der Waals surface area contributed by atoms with Crippen LogP contribution in [-0.2, 0) is 0 Å². The van der Waals surface area contributed by atoms with Gasteiger partial charge in [-0.05, 0) is 26.8 Å². The van der Waals surface area contributed by atoms with Crippen molar-refractivity contribution in [2.24, 2.45) is 0 Å². The molecule has 0 aromatic carbocycles. The lowest BCUT2D eigenvalue weighted by molar-refractivity contribution is 0.0919. The largest absolute Gasteiger partial charge is 0.382 e. The van der Waals surface area contributed by atoms with Crippen LogP contribution in [0.2, 0.25) is 5.02 Å². The molecule has 3 N–H and O–H groups in total. The van der Waals surface area contributed by atoms with Crippen LogP contribution in [0.5, 0.6) is 0 Å². The number of nitrogens with zero attached hydrogens (tertiary/aromatic N) is 1. The van der Waals surface area contributed by atoms with Crippen LogP contribution in [-0.4, -0.2) is 16.4 Å². The molecular weight excluding hydrogens is 214 g/mol. The summed E-state index contributed by atoms with van der Waals surface area (Å²) in [7, 11) is 0. The first-order valence-corrected chi connectivity index (χ1v) is 4.91. The predicted molar refractivity (Wildman–Crippen MR) is 60.9 cm³/mol. The van der Waals surface area contributed by atoms with Gasteiger partial charge in [-0.15, -0.1) is 0 Å². The van der Waals surface area contributed by atoms with Crippen LogP contribution in [0.25, 0.3) is 0 Å². The zero-order valence-electron chi connectivity index (χ0n) is 8.97. The third-order valence-electron chi connectivity index (χ3n) is 1.62. The number of nitrogens with two attached hydrogens (primary N) is 1. The van der Waals surface area contributed by atoms with Gasteiger partial charge in [0, 0.05) is 11.7 Å². The average molecular weight is 228 g/mol. The molecule has 0 atom stereocenters. The van der Waals surface area contributed by atoms with Gasteiger partial charge in [-0.2, -0.15) is 0 Å². The number of hydrogen-bond donors (Lipinski definition) is 2. The molecule has 1 amide bonds. The van der Waals surface area contributed by atoms with E-state index in [0.717, 1.165) is 0 Å². The highest BCUT2D eigenvalue weighted by atomic mass is 35.5. The Morgan fingerprint density at radius 3 is 2.60 bits per heavy atom. The SMILES string of the molecule is CC(C)(C)NC(=O)c1cnc(N)c(Cl)c1. The summed E-state index contributed by atoms with van der Waals surface area (Å²) >= 11 is 5.76. The summed E-state index contributed by atoms with van der Waals surface area (Å²) in [5.41, 5.74) is 5.56. The molecule has 1 aromatic rings. The number of aromatic nitrogens is 1. The van der Waals surface area contributed by atoms with Gasteiger partial charge in [0.25, 0.3) is 5.91 Å². The van der Waals surface area contributed by atoms with E-state index in [2.05, 4.69) is 10.3 Å². The summed E-state index contributed by atoms with van der Waals surface area (Å²) in [5.74, 6) is 0.0147. The zero-order chi connectivity index (χ0) is 11.6. The summed E-state index contributed by atoms with van der Waals surface area (Å²) in [6, 6.07) is 1.50. The fourth-order valence-electron chi connectivity index (χ4n) is 0.985. The molecular formula is C10H14ClN3O. The van der Waals surface area contributed by atoms with Crippen molar-refractivity contribution in [3.8, 4) is 0 Å². The minimum Gasteiger partial charge on any atom is -0.382 e. The first kappa shape index (κ1) is 11.8. The number of nitrogen functional groups attached to an aromatic ring is 1. The van der Waals surface area contributed by atoms with E-state index in [0.29, 0.717) is 5.56 Å². The second kappa shape index (κ2) is 4.06. The molecule has 1 aromatic heterocycles. The van der Waals surface area contributed by atoms with Crippen LogP contribution in [0, 0.1) is 0 Å². The van der Waals surface area contributed by atoms with Crippen molar-refractivity contribution in [2.45, 2.75) is 26.3 Å². The molecule has 0 saturated carbocycles. The molecule has 5 heteroatoms. The molecule has 1 rings (SSSR count). The highest BCUT2D eigenvalue weighted by Gasteiger charge is 2.16. The summed E-state index contributed by atoms with van der Waals surface area (Å²) in [4.78, 5) is 15.5. The highest BCUT2D eigenvalue weighted by molar-refractivity contribution is 6.33. The lowest BCUT2D eigenvalue weighted by atomic mass is 10.1. The molecule has 0 aliphatic heterocycles. The molecule has 15 heavy (non-hydrogen) atoms.